The van der Waals surface area contributed by atoms with Gasteiger partial charge in [-0.1, -0.05) is 48.0 Å². The fourth-order valence-electron chi connectivity index (χ4n) is 5.00. The number of methoxy groups -OCH3 is 2. The minimum atomic E-state index is -0.786. The third-order valence-corrected chi connectivity index (χ3v) is 7.02. The maximum atomic E-state index is 13.6. The van der Waals surface area contributed by atoms with E-state index in [1.54, 1.807) is 43.3 Å². The molecule has 1 heterocycles. The highest BCUT2D eigenvalue weighted by Crippen LogP contribution is 2.49. The highest BCUT2D eigenvalue weighted by Gasteiger charge is 2.43. The number of halogens is 1. The molecular weight excluding hydrogens is 524 g/mol. The molecule has 9 nitrogen and oxygen atoms in total. The quantitative estimate of drug-likeness (QED) is 0.232. The Morgan fingerprint density at radius 3 is 2.51 bits per heavy atom. The van der Waals surface area contributed by atoms with Crippen molar-refractivity contribution in [2.75, 3.05) is 14.2 Å². The van der Waals surface area contributed by atoms with Crippen LogP contribution in [-0.4, -0.2) is 30.9 Å². The molecule has 0 spiro atoms. The van der Waals surface area contributed by atoms with Crippen molar-refractivity contribution in [3.05, 3.63) is 115 Å². The van der Waals surface area contributed by atoms with Gasteiger partial charge in [0.2, 0.25) is 0 Å². The number of hydrogen-bond acceptors (Lipinski definition) is 8. The summed E-state index contributed by atoms with van der Waals surface area (Å²) in [4.78, 5) is 37.2. The number of dihydropyridines is 1. The van der Waals surface area contributed by atoms with Gasteiger partial charge in [-0.25, -0.2) is 4.79 Å². The molecule has 1 aliphatic heterocycles. The Bertz CT molecular complexity index is 1610. The van der Waals surface area contributed by atoms with E-state index in [1.807, 2.05) is 12.1 Å². The summed E-state index contributed by atoms with van der Waals surface area (Å²) in [5, 5.41) is 14.5. The summed E-state index contributed by atoms with van der Waals surface area (Å²) in [5.74, 6) is -1.08. The van der Waals surface area contributed by atoms with E-state index in [0.717, 1.165) is 5.56 Å². The van der Waals surface area contributed by atoms with Gasteiger partial charge in [-0.05, 0) is 30.2 Å². The smallest absolute Gasteiger partial charge is 0.336 e. The van der Waals surface area contributed by atoms with Gasteiger partial charge >= 0.3 is 5.97 Å². The summed E-state index contributed by atoms with van der Waals surface area (Å²) in [6.07, 6.45) is 0. The number of nitro groups is 1. The Labute approximate surface area is 228 Å². The normalized spacial score (nSPS) is 15.9. The van der Waals surface area contributed by atoms with Gasteiger partial charge < -0.3 is 19.5 Å². The number of Topliss-reactive ketones (excluding diaryl/α,β-unsaturated/α-hetero) is 1. The van der Waals surface area contributed by atoms with E-state index < -0.39 is 16.8 Å². The number of rotatable bonds is 7. The SMILES string of the molecule is COC(=O)C1=C(C)NC2=C(C(=O)c3ccccc32)C1c1cc(Cl)c(OCc2cccc([N+](=O)[O-])c2)c(OC)c1. The fraction of sp³-hybridized carbons (Fsp3) is 0.172. The van der Waals surface area contributed by atoms with Gasteiger partial charge in [0.15, 0.2) is 17.3 Å². The van der Waals surface area contributed by atoms with Crippen molar-refractivity contribution in [3.8, 4) is 11.5 Å². The lowest BCUT2D eigenvalue weighted by atomic mass is 9.79. The minimum absolute atomic E-state index is 0.0000267. The molecule has 0 amide bonds. The number of ether oxygens (including phenoxy) is 3. The number of nitrogens with zero attached hydrogens (tertiary/aromatic N) is 1. The highest BCUT2D eigenvalue weighted by molar-refractivity contribution is 6.32. The zero-order chi connectivity index (χ0) is 27.8. The Kier molecular flexibility index (Phi) is 6.84. The molecule has 1 unspecified atom stereocenters. The Hall–Kier alpha value is -4.63. The van der Waals surface area contributed by atoms with E-state index in [-0.39, 0.29) is 40.2 Å². The van der Waals surface area contributed by atoms with Crippen LogP contribution in [0.4, 0.5) is 5.69 Å². The van der Waals surface area contributed by atoms with Gasteiger partial charge in [0.05, 0.1) is 35.4 Å². The van der Waals surface area contributed by atoms with Crippen molar-refractivity contribution < 1.29 is 28.7 Å². The van der Waals surface area contributed by atoms with Crippen LogP contribution in [-0.2, 0) is 16.1 Å². The third-order valence-electron chi connectivity index (χ3n) is 6.74. The second-order valence-electron chi connectivity index (χ2n) is 9.00. The lowest BCUT2D eigenvalue weighted by Gasteiger charge is -2.29. The number of carbonyl (C=O) groups is 2. The van der Waals surface area contributed by atoms with E-state index in [9.17, 15) is 19.7 Å². The van der Waals surface area contributed by atoms with Crippen molar-refractivity contribution in [1.82, 2.24) is 5.32 Å². The predicted molar refractivity (Wildman–Crippen MR) is 144 cm³/mol. The lowest BCUT2D eigenvalue weighted by Crippen LogP contribution is -2.29. The van der Waals surface area contributed by atoms with Gasteiger partial charge in [0, 0.05) is 40.4 Å². The van der Waals surface area contributed by atoms with Crippen molar-refractivity contribution >= 4 is 34.7 Å². The Morgan fingerprint density at radius 2 is 1.82 bits per heavy atom. The van der Waals surface area contributed by atoms with Gasteiger partial charge in [-0.3, -0.25) is 14.9 Å². The number of hydrogen-bond donors (Lipinski definition) is 1. The van der Waals surface area contributed by atoms with Crippen LogP contribution in [0.15, 0.2) is 77.5 Å². The van der Waals surface area contributed by atoms with Crippen molar-refractivity contribution in [3.63, 3.8) is 0 Å². The molecule has 2 aliphatic rings. The van der Waals surface area contributed by atoms with E-state index in [0.29, 0.717) is 33.7 Å². The van der Waals surface area contributed by atoms with Gasteiger partial charge in [-0.15, -0.1) is 0 Å². The van der Waals surface area contributed by atoms with Crippen LogP contribution in [0.1, 0.15) is 39.9 Å². The average Bonchev–Trinajstić information content (AvgIpc) is 3.22. The van der Waals surface area contributed by atoms with E-state index in [1.165, 1.54) is 26.4 Å². The maximum absolute atomic E-state index is 13.6. The minimum Gasteiger partial charge on any atom is -0.493 e. The first-order valence-electron chi connectivity index (χ1n) is 11.9. The monoisotopic (exact) mass is 546 g/mol. The third kappa shape index (κ3) is 4.51. The predicted octanol–water partition coefficient (Wildman–Crippen LogP) is 5.58. The maximum Gasteiger partial charge on any atom is 0.336 e. The zero-order valence-corrected chi connectivity index (χ0v) is 22.0. The number of fused-ring (bicyclic) bond motifs is 2. The van der Waals surface area contributed by atoms with Gasteiger partial charge in [0.1, 0.15) is 6.61 Å². The number of ketones is 1. The summed E-state index contributed by atoms with van der Waals surface area (Å²) in [7, 11) is 2.73. The molecule has 3 aromatic rings. The molecule has 39 heavy (non-hydrogen) atoms. The summed E-state index contributed by atoms with van der Waals surface area (Å²) in [5.41, 5.74) is 4.21. The second kappa shape index (κ2) is 10.3. The van der Waals surface area contributed by atoms with Gasteiger partial charge in [-0.2, -0.15) is 0 Å². The summed E-state index contributed by atoms with van der Waals surface area (Å²) in [6, 6.07) is 16.6. The molecule has 3 aromatic carbocycles. The van der Waals surface area contributed by atoms with Gasteiger partial charge in [0.25, 0.3) is 5.69 Å². The van der Waals surface area contributed by atoms with E-state index in [2.05, 4.69) is 5.32 Å². The fourth-order valence-corrected chi connectivity index (χ4v) is 5.28. The molecule has 0 saturated carbocycles. The molecule has 5 rings (SSSR count). The molecule has 0 fully saturated rings. The number of nitrogens with one attached hydrogen (secondary N) is 1. The average molecular weight is 547 g/mol. The standard InChI is InChI=1S/C29H23ClN2O7/c1-15-23(29(34)38-3)24(25-26(31-15)19-9-4-5-10-20(19)27(25)33)17-12-21(30)28(22(13-17)37-2)39-14-16-7-6-8-18(11-16)32(35)36/h4-13,24,31H,14H2,1-3H3. The highest BCUT2D eigenvalue weighted by atomic mass is 35.5. The van der Waals surface area contributed by atoms with Crippen LogP contribution in [0.3, 0.4) is 0 Å². The van der Waals surface area contributed by atoms with Crippen molar-refractivity contribution in [1.29, 1.82) is 0 Å². The lowest BCUT2D eigenvalue weighted by molar-refractivity contribution is -0.384. The molecule has 198 valence electrons. The second-order valence-corrected chi connectivity index (χ2v) is 9.41. The van der Waals surface area contributed by atoms with E-state index >= 15 is 0 Å². The number of esters is 1. The number of benzene rings is 3. The Balaban J connectivity index is 1.58. The Morgan fingerprint density at radius 1 is 1.08 bits per heavy atom. The van der Waals surface area contributed by atoms with Crippen LogP contribution in [0.2, 0.25) is 5.02 Å². The molecular formula is C29H23ClN2O7. The molecule has 0 bridgehead atoms. The van der Waals surface area contributed by atoms with Crippen molar-refractivity contribution in [2.45, 2.75) is 19.4 Å². The van der Waals surface area contributed by atoms with Crippen LogP contribution < -0.4 is 14.8 Å². The first-order chi connectivity index (χ1) is 18.7. The topological polar surface area (TPSA) is 117 Å². The largest absolute Gasteiger partial charge is 0.493 e. The van der Waals surface area contributed by atoms with Crippen LogP contribution >= 0.6 is 11.6 Å². The number of allylic oxidation sites excluding steroid dienone is 2. The summed E-state index contributed by atoms with van der Waals surface area (Å²) in [6.45, 7) is 1.75. The molecule has 0 saturated heterocycles. The zero-order valence-electron chi connectivity index (χ0n) is 21.2. The van der Waals surface area contributed by atoms with E-state index in [4.69, 9.17) is 25.8 Å². The number of nitro benzene ring substituents is 1. The molecule has 0 aromatic heterocycles. The first-order valence-corrected chi connectivity index (χ1v) is 12.3. The summed E-state index contributed by atoms with van der Waals surface area (Å²) >= 11 is 6.68. The molecule has 1 N–H and O–H groups in total. The van der Waals surface area contributed by atoms with Crippen molar-refractivity contribution in [2.24, 2.45) is 0 Å². The molecule has 1 atom stereocenters. The van der Waals surface area contributed by atoms with Crippen LogP contribution in [0, 0.1) is 10.1 Å². The molecule has 1 aliphatic carbocycles. The number of carbonyl (C=O) groups excluding carboxylic acids is 2. The van der Waals surface area contributed by atoms with Crippen LogP contribution in [0.5, 0.6) is 11.5 Å². The molecule has 0 radical (unpaired) electrons. The molecule has 10 heteroatoms. The van der Waals surface area contributed by atoms with Crippen LogP contribution in [0.25, 0.3) is 5.70 Å². The first kappa shape index (κ1) is 26.0. The number of non-ortho nitro benzene ring substituents is 1. The summed E-state index contributed by atoms with van der Waals surface area (Å²) < 4.78 is 16.6.